The minimum absolute atomic E-state index is 0.0445. The number of amides is 1. The van der Waals surface area contributed by atoms with E-state index in [-0.39, 0.29) is 23.8 Å². The monoisotopic (exact) mass is 274 g/mol. The Labute approximate surface area is 117 Å². The van der Waals surface area contributed by atoms with E-state index in [4.69, 9.17) is 10.5 Å². The van der Waals surface area contributed by atoms with Crippen LogP contribution in [0.1, 0.15) is 23.7 Å². The molecule has 0 bridgehead atoms. The lowest BCUT2D eigenvalue weighted by molar-refractivity contribution is -0.118. The first kappa shape index (κ1) is 14.3. The summed E-state index contributed by atoms with van der Waals surface area (Å²) in [5.74, 6) is -0.636. The predicted molar refractivity (Wildman–Crippen MR) is 76.3 cm³/mol. The molecular weight excluding hydrogens is 256 g/mol. The van der Waals surface area contributed by atoms with Gasteiger partial charge in [0, 0.05) is 11.7 Å². The summed E-state index contributed by atoms with van der Waals surface area (Å²) in [4.78, 5) is 23.5. The highest BCUT2D eigenvalue weighted by molar-refractivity contribution is 5.95. The van der Waals surface area contributed by atoms with Crippen molar-refractivity contribution in [3.05, 3.63) is 42.0 Å². The molecule has 2 atom stereocenters. The maximum absolute atomic E-state index is 12.0. The Bertz CT molecular complexity index is 522. The fraction of sp³-hybridized carbons (Fsp3) is 0.333. The first-order chi connectivity index (χ1) is 9.60. The number of carbonyl (C=O) groups excluding carboxylic acids is 2. The number of hydrogen-bond acceptors (Lipinski definition) is 4. The van der Waals surface area contributed by atoms with Gasteiger partial charge in [0.2, 0.25) is 5.91 Å². The number of carbonyl (C=O) groups is 2. The number of ether oxygens (including phenoxy) is 1. The lowest BCUT2D eigenvalue weighted by Gasteiger charge is -2.10. The smallest absolute Gasteiger partial charge is 0.338 e. The molecule has 5 nitrogen and oxygen atoms in total. The van der Waals surface area contributed by atoms with Crippen LogP contribution in [-0.2, 0) is 9.53 Å². The van der Waals surface area contributed by atoms with E-state index >= 15 is 0 Å². The van der Waals surface area contributed by atoms with E-state index in [1.807, 2.05) is 12.2 Å². The molecule has 0 heterocycles. The third-order valence-electron chi connectivity index (χ3n) is 3.12. The minimum atomic E-state index is -0.366. The molecule has 3 N–H and O–H groups in total. The second-order valence-electron chi connectivity index (χ2n) is 4.68. The fourth-order valence-electron chi connectivity index (χ4n) is 2.06. The van der Waals surface area contributed by atoms with Crippen LogP contribution in [0.3, 0.4) is 0 Å². The Kier molecular flexibility index (Phi) is 4.53. The van der Waals surface area contributed by atoms with E-state index in [0.29, 0.717) is 24.3 Å². The van der Waals surface area contributed by atoms with Gasteiger partial charge < -0.3 is 15.8 Å². The van der Waals surface area contributed by atoms with Crippen LogP contribution in [0.4, 0.5) is 5.69 Å². The van der Waals surface area contributed by atoms with Crippen molar-refractivity contribution in [2.45, 2.75) is 19.4 Å². The zero-order valence-corrected chi connectivity index (χ0v) is 11.3. The van der Waals surface area contributed by atoms with Gasteiger partial charge in [-0.15, -0.1) is 0 Å². The van der Waals surface area contributed by atoms with Crippen molar-refractivity contribution in [3.8, 4) is 0 Å². The second kappa shape index (κ2) is 6.34. The maximum Gasteiger partial charge on any atom is 0.338 e. The van der Waals surface area contributed by atoms with Gasteiger partial charge in [-0.25, -0.2) is 4.79 Å². The summed E-state index contributed by atoms with van der Waals surface area (Å²) < 4.78 is 4.89. The molecule has 0 aliphatic heterocycles. The second-order valence-corrected chi connectivity index (χ2v) is 4.68. The number of esters is 1. The fourth-order valence-corrected chi connectivity index (χ4v) is 2.06. The zero-order valence-electron chi connectivity index (χ0n) is 11.3. The Balaban J connectivity index is 1.95. The van der Waals surface area contributed by atoms with Crippen LogP contribution >= 0.6 is 0 Å². The summed E-state index contributed by atoms with van der Waals surface area (Å²) in [6.45, 7) is 2.10. The SMILES string of the molecule is CCOC(=O)c1ccc(NC(=O)C2C=CC(N)C2)cc1. The van der Waals surface area contributed by atoms with Crippen LogP contribution in [0.2, 0.25) is 0 Å². The summed E-state index contributed by atoms with van der Waals surface area (Å²) in [5.41, 5.74) is 6.84. The highest BCUT2D eigenvalue weighted by Gasteiger charge is 2.22. The van der Waals surface area contributed by atoms with Crippen molar-refractivity contribution in [2.75, 3.05) is 11.9 Å². The Morgan fingerprint density at radius 1 is 1.30 bits per heavy atom. The van der Waals surface area contributed by atoms with E-state index in [1.54, 1.807) is 31.2 Å². The molecule has 0 spiro atoms. The Hall–Kier alpha value is -2.14. The average molecular weight is 274 g/mol. The summed E-state index contributed by atoms with van der Waals surface area (Å²) >= 11 is 0. The Morgan fingerprint density at radius 3 is 2.55 bits per heavy atom. The summed E-state index contributed by atoms with van der Waals surface area (Å²) in [6, 6.07) is 6.58. The molecule has 0 saturated carbocycles. The van der Waals surface area contributed by atoms with E-state index in [1.165, 1.54) is 0 Å². The number of nitrogens with one attached hydrogen (secondary N) is 1. The molecule has 1 aromatic carbocycles. The number of hydrogen-bond donors (Lipinski definition) is 2. The van der Waals surface area contributed by atoms with Crippen molar-refractivity contribution >= 4 is 17.6 Å². The van der Waals surface area contributed by atoms with Crippen LogP contribution in [0, 0.1) is 5.92 Å². The van der Waals surface area contributed by atoms with Crippen LogP contribution < -0.4 is 11.1 Å². The molecule has 0 saturated heterocycles. The van der Waals surface area contributed by atoms with Crippen LogP contribution in [-0.4, -0.2) is 24.5 Å². The first-order valence-electron chi connectivity index (χ1n) is 6.62. The van der Waals surface area contributed by atoms with E-state index in [9.17, 15) is 9.59 Å². The standard InChI is InChI=1S/C15H18N2O3/c1-2-20-15(19)10-4-7-13(8-5-10)17-14(18)11-3-6-12(16)9-11/h3-8,11-12H,2,9,16H2,1H3,(H,17,18). The van der Waals surface area contributed by atoms with Crippen molar-refractivity contribution in [1.29, 1.82) is 0 Å². The summed E-state index contributed by atoms with van der Waals surface area (Å²) in [7, 11) is 0. The van der Waals surface area contributed by atoms with Gasteiger partial charge in [0.05, 0.1) is 18.1 Å². The zero-order chi connectivity index (χ0) is 14.5. The van der Waals surface area contributed by atoms with E-state index < -0.39 is 0 Å². The molecule has 1 aliphatic rings. The molecule has 0 fully saturated rings. The van der Waals surface area contributed by atoms with Crippen LogP contribution in [0.5, 0.6) is 0 Å². The first-order valence-corrected chi connectivity index (χ1v) is 6.62. The molecule has 5 heteroatoms. The largest absolute Gasteiger partial charge is 0.462 e. The lowest BCUT2D eigenvalue weighted by atomic mass is 10.1. The van der Waals surface area contributed by atoms with Gasteiger partial charge >= 0.3 is 5.97 Å². The van der Waals surface area contributed by atoms with Gasteiger partial charge in [-0.3, -0.25) is 4.79 Å². The van der Waals surface area contributed by atoms with Gasteiger partial charge in [0.1, 0.15) is 0 Å². The highest BCUT2D eigenvalue weighted by atomic mass is 16.5. The lowest BCUT2D eigenvalue weighted by Crippen LogP contribution is -2.24. The topological polar surface area (TPSA) is 81.4 Å². The molecule has 1 amide bonds. The number of benzene rings is 1. The molecule has 2 unspecified atom stereocenters. The summed E-state index contributed by atoms with van der Waals surface area (Å²) in [6.07, 6.45) is 4.30. The average Bonchev–Trinajstić information content (AvgIpc) is 2.86. The number of anilines is 1. The van der Waals surface area contributed by atoms with Gasteiger partial charge in [-0.05, 0) is 37.6 Å². The normalized spacial score (nSPS) is 20.7. The predicted octanol–water partition coefficient (Wildman–Crippen LogP) is 1.71. The van der Waals surface area contributed by atoms with Crippen molar-refractivity contribution < 1.29 is 14.3 Å². The molecular formula is C15H18N2O3. The molecule has 0 aromatic heterocycles. The molecule has 20 heavy (non-hydrogen) atoms. The molecule has 106 valence electrons. The number of rotatable bonds is 4. The molecule has 0 radical (unpaired) electrons. The minimum Gasteiger partial charge on any atom is -0.462 e. The highest BCUT2D eigenvalue weighted by Crippen LogP contribution is 2.19. The quantitative estimate of drug-likeness (QED) is 0.647. The van der Waals surface area contributed by atoms with Crippen LogP contribution in [0.25, 0.3) is 0 Å². The van der Waals surface area contributed by atoms with Gasteiger partial charge in [0.15, 0.2) is 0 Å². The van der Waals surface area contributed by atoms with Crippen molar-refractivity contribution in [2.24, 2.45) is 11.7 Å². The number of nitrogens with two attached hydrogens (primary N) is 1. The maximum atomic E-state index is 12.0. The molecule has 1 aromatic rings. The summed E-state index contributed by atoms with van der Waals surface area (Å²) in [5, 5.41) is 2.80. The van der Waals surface area contributed by atoms with Crippen molar-refractivity contribution in [3.63, 3.8) is 0 Å². The van der Waals surface area contributed by atoms with Crippen LogP contribution in [0.15, 0.2) is 36.4 Å². The van der Waals surface area contributed by atoms with Gasteiger partial charge in [-0.1, -0.05) is 12.2 Å². The molecule has 1 aliphatic carbocycles. The third-order valence-corrected chi connectivity index (χ3v) is 3.12. The van der Waals surface area contributed by atoms with Crippen molar-refractivity contribution in [1.82, 2.24) is 0 Å². The third kappa shape index (κ3) is 3.45. The van der Waals surface area contributed by atoms with E-state index in [0.717, 1.165) is 0 Å². The van der Waals surface area contributed by atoms with Gasteiger partial charge in [0.25, 0.3) is 0 Å². The molecule has 2 rings (SSSR count). The Morgan fingerprint density at radius 2 is 2.00 bits per heavy atom. The van der Waals surface area contributed by atoms with E-state index in [2.05, 4.69) is 5.32 Å². The van der Waals surface area contributed by atoms with Gasteiger partial charge in [-0.2, -0.15) is 0 Å².